The molecule has 0 amide bonds. The fourth-order valence-electron chi connectivity index (χ4n) is 2.49. The molecule has 18 heavy (non-hydrogen) atoms. The molecule has 2 rings (SSSR count). The van der Waals surface area contributed by atoms with E-state index in [1.54, 1.807) is 17.8 Å². The molecule has 1 aliphatic heterocycles. The maximum Gasteiger partial charge on any atom is 0.169 e. The monoisotopic (exact) mass is 269 g/mol. The van der Waals surface area contributed by atoms with Crippen molar-refractivity contribution < 1.29 is 9.13 Å². The summed E-state index contributed by atoms with van der Waals surface area (Å²) in [5.41, 5.74) is 1.89. The second-order valence-corrected chi connectivity index (χ2v) is 5.71. The molecule has 0 saturated carbocycles. The van der Waals surface area contributed by atoms with E-state index in [9.17, 15) is 4.39 Å². The predicted molar refractivity (Wildman–Crippen MR) is 74.7 cm³/mol. The SMILES string of the molecule is CCNC1c2ccc(OC)c(F)c2CSCC1C. The number of rotatable bonds is 3. The van der Waals surface area contributed by atoms with Crippen molar-refractivity contribution in [3.05, 3.63) is 29.1 Å². The average molecular weight is 269 g/mol. The first-order valence-electron chi connectivity index (χ1n) is 6.35. The minimum Gasteiger partial charge on any atom is -0.494 e. The van der Waals surface area contributed by atoms with Crippen LogP contribution in [0.4, 0.5) is 4.39 Å². The second kappa shape index (κ2) is 5.93. The van der Waals surface area contributed by atoms with E-state index in [0.717, 1.165) is 29.2 Å². The Labute approximate surface area is 112 Å². The summed E-state index contributed by atoms with van der Waals surface area (Å²) in [6, 6.07) is 3.98. The maximum atomic E-state index is 14.3. The largest absolute Gasteiger partial charge is 0.494 e. The highest BCUT2D eigenvalue weighted by Gasteiger charge is 2.27. The maximum absolute atomic E-state index is 14.3. The quantitative estimate of drug-likeness (QED) is 0.909. The molecule has 0 radical (unpaired) electrons. The van der Waals surface area contributed by atoms with Gasteiger partial charge in [-0.15, -0.1) is 0 Å². The smallest absolute Gasteiger partial charge is 0.169 e. The highest BCUT2D eigenvalue weighted by Crippen LogP contribution is 2.37. The molecule has 1 heterocycles. The topological polar surface area (TPSA) is 21.3 Å². The molecule has 0 fully saturated rings. The third-order valence-electron chi connectivity index (χ3n) is 3.42. The van der Waals surface area contributed by atoms with Crippen LogP contribution in [0, 0.1) is 11.7 Å². The number of benzene rings is 1. The molecule has 1 N–H and O–H groups in total. The first kappa shape index (κ1) is 13.7. The molecular weight excluding hydrogens is 249 g/mol. The Balaban J connectivity index is 2.46. The van der Waals surface area contributed by atoms with Gasteiger partial charge in [0.15, 0.2) is 11.6 Å². The highest BCUT2D eigenvalue weighted by molar-refractivity contribution is 7.98. The Morgan fingerprint density at radius 1 is 1.50 bits per heavy atom. The number of hydrogen-bond acceptors (Lipinski definition) is 3. The summed E-state index contributed by atoms with van der Waals surface area (Å²) in [5.74, 6) is 2.43. The van der Waals surface area contributed by atoms with Crippen molar-refractivity contribution in [2.75, 3.05) is 19.4 Å². The molecular formula is C14H20FNOS. The van der Waals surface area contributed by atoms with Crippen molar-refractivity contribution in [2.24, 2.45) is 5.92 Å². The number of hydrogen-bond donors (Lipinski definition) is 1. The molecule has 1 aromatic rings. The number of fused-ring (bicyclic) bond motifs is 1. The zero-order valence-corrected chi connectivity index (χ0v) is 11.9. The molecule has 0 aromatic heterocycles. The highest BCUT2D eigenvalue weighted by atomic mass is 32.2. The number of halogens is 1. The molecule has 0 bridgehead atoms. The lowest BCUT2D eigenvalue weighted by Gasteiger charge is -2.24. The van der Waals surface area contributed by atoms with Crippen LogP contribution >= 0.6 is 11.8 Å². The molecule has 4 heteroatoms. The van der Waals surface area contributed by atoms with Gasteiger partial charge >= 0.3 is 0 Å². The summed E-state index contributed by atoms with van der Waals surface area (Å²) < 4.78 is 19.4. The zero-order valence-electron chi connectivity index (χ0n) is 11.1. The van der Waals surface area contributed by atoms with E-state index in [-0.39, 0.29) is 11.9 Å². The van der Waals surface area contributed by atoms with Crippen molar-refractivity contribution in [3.63, 3.8) is 0 Å². The first-order valence-corrected chi connectivity index (χ1v) is 7.50. The van der Waals surface area contributed by atoms with Gasteiger partial charge in [0.2, 0.25) is 0 Å². The first-order chi connectivity index (χ1) is 8.69. The van der Waals surface area contributed by atoms with Crippen molar-refractivity contribution in [1.82, 2.24) is 5.32 Å². The average Bonchev–Trinajstić information content (AvgIpc) is 2.52. The second-order valence-electron chi connectivity index (χ2n) is 4.68. The zero-order chi connectivity index (χ0) is 13.1. The number of thioether (sulfide) groups is 1. The minimum absolute atomic E-state index is 0.195. The summed E-state index contributed by atoms with van der Waals surface area (Å²) in [6.07, 6.45) is 0. The molecule has 2 nitrogen and oxygen atoms in total. The normalized spacial score (nSPS) is 23.3. The third kappa shape index (κ3) is 2.50. The van der Waals surface area contributed by atoms with E-state index in [1.165, 1.54) is 7.11 Å². The van der Waals surface area contributed by atoms with Gasteiger partial charge in [-0.1, -0.05) is 19.9 Å². The van der Waals surface area contributed by atoms with Crippen LogP contribution in [-0.4, -0.2) is 19.4 Å². The molecule has 1 aliphatic rings. The van der Waals surface area contributed by atoms with Crippen molar-refractivity contribution >= 4 is 11.8 Å². The van der Waals surface area contributed by atoms with Gasteiger partial charge in [-0.05, 0) is 29.8 Å². The van der Waals surface area contributed by atoms with E-state index in [1.807, 2.05) is 6.07 Å². The van der Waals surface area contributed by atoms with Crippen molar-refractivity contribution in [1.29, 1.82) is 0 Å². The molecule has 2 atom stereocenters. The standard InChI is InChI=1S/C14H20FNOS/c1-4-16-14-9(2)7-18-8-11-10(14)5-6-12(17-3)13(11)15/h5-6,9,14,16H,4,7-8H2,1-3H3. The van der Waals surface area contributed by atoms with Gasteiger partial charge in [0, 0.05) is 17.4 Å². The summed E-state index contributed by atoms with van der Waals surface area (Å²) in [6.45, 7) is 5.20. The summed E-state index contributed by atoms with van der Waals surface area (Å²) in [5, 5.41) is 3.47. The van der Waals surface area contributed by atoms with Gasteiger partial charge in [0.1, 0.15) is 0 Å². The Hall–Kier alpha value is -0.740. The van der Waals surface area contributed by atoms with E-state index < -0.39 is 0 Å². The Morgan fingerprint density at radius 2 is 2.28 bits per heavy atom. The summed E-state index contributed by atoms with van der Waals surface area (Å²) in [7, 11) is 1.51. The van der Waals surface area contributed by atoms with Gasteiger partial charge in [0.25, 0.3) is 0 Å². The van der Waals surface area contributed by atoms with Gasteiger partial charge in [-0.3, -0.25) is 0 Å². The van der Waals surface area contributed by atoms with Crippen molar-refractivity contribution in [3.8, 4) is 5.75 Å². The summed E-state index contributed by atoms with van der Waals surface area (Å²) >= 11 is 1.79. The number of nitrogens with one attached hydrogen (secondary N) is 1. The van der Waals surface area contributed by atoms with E-state index in [4.69, 9.17) is 4.74 Å². The lowest BCUT2D eigenvalue weighted by atomic mass is 9.92. The van der Waals surface area contributed by atoms with Crippen molar-refractivity contribution in [2.45, 2.75) is 25.6 Å². The Kier molecular flexibility index (Phi) is 4.51. The number of ether oxygens (including phenoxy) is 1. The minimum atomic E-state index is -0.195. The molecule has 0 spiro atoms. The van der Waals surface area contributed by atoms with Gasteiger partial charge in [-0.25, -0.2) is 4.39 Å². The molecule has 100 valence electrons. The van der Waals surface area contributed by atoms with Crippen LogP contribution in [-0.2, 0) is 5.75 Å². The van der Waals surface area contributed by atoms with Crippen LogP contribution < -0.4 is 10.1 Å². The predicted octanol–water partition coefficient (Wildman–Crippen LogP) is 3.37. The van der Waals surface area contributed by atoms with Crippen LogP contribution in [0.15, 0.2) is 12.1 Å². The molecule has 0 aliphatic carbocycles. The van der Waals surface area contributed by atoms with Crippen LogP contribution in [0.25, 0.3) is 0 Å². The van der Waals surface area contributed by atoms with E-state index >= 15 is 0 Å². The fourth-order valence-corrected chi connectivity index (χ4v) is 3.67. The fraction of sp³-hybridized carbons (Fsp3) is 0.571. The summed E-state index contributed by atoms with van der Waals surface area (Å²) in [4.78, 5) is 0. The van der Waals surface area contributed by atoms with E-state index in [2.05, 4.69) is 19.2 Å². The van der Waals surface area contributed by atoms with Crippen LogP contribution in [0.5, 0.6) is 5.75 Å². The van der Waals surface area contributed by atoms with Crippen LogP contribution in [0.1, 0.15) is 31.0 Å². The molecule has 1 aromatic carbocycles. The molecule has 0 saturated heterocycles. The Morgan fingerprint density at radius 3 is 2.94 bits per heavy atom. The number of methoxy groups -OCH3 is 1. The molecule has 2 unspecified atom stereocenters. The van der Waals surface area contributed by atoms with E-state index in [0.29, 0.717) is 11.7 Å². The van der Waals surface area contributed by atoms with Crippen LogP contribution in [0.3, 0.4) is 0 Å². The van der Waals surface area contributed by atoms with Gasteiger partial charge in [0.05, 0.1) is 7.11 Å². The lowest BCUT2D eigenvalue weighted by Crippen LogP contribution is -2.28. The third-order valence-corrected chi connectivity index (χ3v) is 4.67. The van der Waals surface area contributed by atoms with Gasteiger partial charge < -0.3 is 10.1 Å². The van der Waals surface area contributed by atoms with Crippen LogP contribution in [0.2, 0.25) is 0 Å². The van der Waals surface area contributed by atoms with Gasteiger partial charge in [-0.2, -0.15) is 11.8 Å². The Bertz CT molecular complexity index is 425. The lowest BCUT2D eigenvalue weighted by molar-refractivity contribution is 0.381.